The zero-order valence-corrected chi connectivity index (χ0v) is 13.2. The van der Waals surface area contributed by atoms with Crippen LogP contribution in [0.4, 0.5) is 4.79 Å². The van der Waals surface area contributed by atoms with Gasteiger partial charge < -0.3 is 14.8 Å². The van der Waals surface area contributed by atoms with E-state index in [1.807, 2.05) is 6.26 Å². The highest BCUT2D eigenvalue weighted by Crippen LogP contribution is 2.04. The van der Waals surface area contributed by atoms with Gasteiger partial charge in [-0.05, 0) is 24.9 Å². The van der Waals surface area contributed by atoms with E-state index in [1.54, 1.807) is 11.8 Å². The highest BCUT2D eigenvalue weighted by atomic mass is 32.2. The van der Waals surface area contributed by atoms with Crippen LogP contribution in [0, 0.1) is 0 Å². The van der Waals surface area contributed by atoms with Gasteiger partial charge in [-0.2, -0.15) is 11.8 Å². The zero-order valence-electron chi connectivity index (χ0n) is 12.4. The highest BCUT2D eigenvalue weighted by molar-refractivity contribution is 7.98. The standard InChI is InChI=1S/C14H25NO4S/c1-4-6-7-10-18-13(16)12(8-11-20-3)15-14(17)19-9-5-2/h5,12H,2,4,6-11H2,1,3H3,(H,15,17)/t12-/m0/s1. The largest absolute Gasteiger partial charge is 0.464 e. The molecule has 0 aromatic heterocycles. The lowest BCUT2D eigenvalue weighted by molar-refractivity contribution is -0.146. The van der Waals surface area contributed by atoms with Gasteiger partial charge in [0, 0.05) is 0 Å². The van der Waals surface area contributed by atoms with Crippen molar-refractivity contribution in [2.75, 3.05) is 25.2 Å². The number of thioether (sulfide) groups is 1. The molecule has 0 aliphatic carbocycles. The number of amides is 1. The molecule has 20 heavy (non-hydrogen) atoms. The van der Waals surface area contributed by atoms with Crippen LogP contribution in [-0.4, -0.2) is 43.3 Å². The second kappa shape index (κ2) is 12.8. The number of rotatable bonds is 11. The molecule has 116 valence electrons. The van der Waals surface area contributed by atoms with E-state index in [-0.39, 0.29) is 6.61 Å². The number of esters is 1. The van der Waals surface area contributed by atoms with Crippen LogP contribution in [0.5, 0.6) is 0 Å². The van der Waals surface area contributed by atoms with Crippen LogP contribution in [0.1, 0.15) is 32.6 Å². The minimum Gasteiger partial charge on any atom is -0.464 e. The van der Waals surface area contributed by atoms with Crippen LogP contribution in [0.15, 0.2) is 12.7 Å². The monoisotopic (exact) mass is 303 g/mol. The Morgan fingerprint density at radius 2 is 2.10 bits per heavy atom. The highest BCUT2D eigenvalue weighted by Gasteiger charge is 2.22. The number of ether oxygens (including phenoxy) is 2. The third-order valence-corrected chi connectivity index (χ3v) is 3.16. The molecule has 1 amide bonds. The lowest BCUT2D eigenvalue weighted by atomic mass is 10.2. The van der Waals surface area contributed by atoms with Crippen molar-refractivity contribution >= 4 is 23.8 Å². The molecule has 0 saturated carbocycles. The molecule has 6 heteroatoms. The summed E-state index contributed by atoms with van der Waals surface area (Å²) in [6.07, 6.45) is 6.26. The van der Waals surface area contributed by atoms with Crippen molar-refractivity contribution in [2.45, 2.75) is 38.6 Å². The number of unbranched alkanes of at least 4 members (excludes halogenated alkanes) is 2. The van der Waals surface area contributed by atoms with Crippen molar-refractivity contribution in [1.82, 2.24) is 5.32 Å². The van der Waals surface area contributed by atoms with Gasteiger partial charge in [0.1, 0.15) is 12.6 Å². The van der Waals surface area contributed by atoms with Crippen LogP contribution in [0.25, 0.3) is 0 Å². The van der Waals surface area contributed by atoms with Gasteiger partial charge in [0.25, 0.3) is 0 Å². The van der Waals surface area contributed by atoms with E-state index in [2.05, 4.69) is 18.8 Å². The van der Waals surface area contributed by atoms with E-state index < -0.39 is 18.1 Å². The van der Waals surface area contributed by atoms with Gasteiger partial charge in [-0.3, -0.25) is 0 Å². The molecular weight excluding hydrogens is 278 g/mol. The van der Waals surface area contributed by atoms with E-state index in [4.69, 9.17) is 9.47 Å². The fraction of sp³-hybridized carbons (Fsp3) is 0.714. The molecule has 0 radical (unpaired) electrons. The van der Waals surface area contributed by atoms with Gasteiger partial charge in [0.2, 0.25) is 0 Å². The van der Waals surface area contributed by atoms with Gasteiger partial charge >= 0.3 is 12.1 Å². The van der Waals surface area contributed by atoms with Crippen LogP contribution in [0.2, 0.25) is 0 Å². The molecule has 0 aliphatic heterocycles. The summed E-state index contributed by atoms with van der Waals surface area (Å²) in [5.41, 5.74) is 0. The number of carbonyl (C=O) groups is 2. The fourth-order valence-corrected chi connectivity index (χ4v) is 1.90. The number of hydrogen-bond donors (Lipinski definition) is 1. The van der Waals surface area contributed by atoms with E-state index in [0.29, 0.717) is 13.0 Å². The Morgan fingerprint density at radius 1 is 1.35 bits per heavy atom. The van der Waals surface area contributed by atoms with Gasteiger partial charge in [-0.1, -0.05) is 32.4 Å². The van der Waals surface area contributed by atoms with Gasteiger partial charge in [-0.25, -0.2) is 9.59 Å². The Hall–Kier alpha value is -1.17. The lowest BCUT2D eigenvalue weighted by Crippen LogP contribution is -2.42. The summed E-state index contributed by atoms with van der Waals surface area (Å²) in [5.74, 6) is 0.363. The molecule has 0 unspecified atom stereocenters. The summed E-state index contributed by atoms with van der Waals surface area (Å²) < 4.78 is 9.98. The quantitative estimate of drug-likeness (QED) is 0.361. The summed E-state index contributed by atoms with van der Waals surface area (Å²) in [6.45, 7) is 6.05. The van der Waals surface area contributed by atoms with E-state index in [0.717, 1.165) is 25.0 Å². The first-order chi connectivity index (χ1) is 9.65. The molecule has 1 N–H and O–H groups in total. The second-order valence-corrected chi connectivity index (χ2v) is 5.23. The van der Waals surface area contributed by atoms with Crippen molar-refractivity contribution < 1.29 is 19.1 Å². The molecule has 0 aromatic rings. The molecule has 0 rings (SSSR count). The van der Waals surface area contributed by atoms with Crippen LogP contribution in [-0.2, 0) is 14.3 Å². The number of carbonyl (C=O) groups excluding carboxylic acids is 2. The normalized spacial score (nSPS) is 11.5. The molecule has 0 spiro atoms. The van der Waals surface area contributed by atoms with Crippen molar-refractivity contribution in [3.63, 3.8) is 0 Å². The maximum atomic E-state index is 11.9. The van der Waals surface area contributed by atoms with Crippen molar-refractivity contribution in [3.8, 4) is 0 Å². The Labute approximate surface area is 125 Å². The number of hydrogen-bond acceptors (Lipinski definition) is 5. The SMILES string of the molecule is C=CCOC(=O)N[C@@H](CCSC)C(=O)OCCCCC. The van der Waals surface area contributed by atoms with E-state index >= 15 is 0 Å². The average Bonchev–Trinajstić information content (AvgIpc) is 2.45. The first-order valence-corrected chi connectivity index (χ1v) is 8.24. The van der Waals surface area contributed by atoms with E-state index in [9.17, 15) is 9.59 Å². The van der Waals surface area contributed by atoms with Crippen molar-refractivity contribution in [3.05, 3.63) is 12.7 Å². The summed E-state index contributed by atoms with van der Waals surface area (Å²) in [7, 11) is 0. The second-order valence-electron chi connectivity index (χ2n) is 4.24. The minimum absolute atomic E-state index is 0.118. The summed E-state index contributed by atoms with van der Waals surface area (Å²) in [5, 5.41) is 2.53. The van der Waals surface area contributed by atoms with Gasteiger partial charge in [0.05, 0.1) is 6.61 Å². The lowest BCUT2D eigenvalue weighted by Gasteiger charge is -2.17. The van der Waals surface area contributed by atoms with Crippen LogP contribution in [0.3, 0.4) is 0 Å². The molecular formula is C14H25NO4S. The molecule has 0 saturated heterocycles. The molecule has 0 aliphatic rings. The Bertz CT molecular complexity index is 297. The third-order valence-electron chi connectivity index (χ3n) is 2.51. The summed E-state index contributed by atoms with van der Waals surface area (Å²) in [4.78, 5) is 23.4. The smallest absolute Gasteiger partial charge is 0.408 e. The molecule has 1 atom stereocenters. The Kier molecular flexibility index (Phi) is 12.1. The minimum atomic E-state index is -0.651. The fourth-order valence-electron chi connectivity index (χ4n) is 1.43. The van der Waals surface area contributed by atoms with E-state index in [1.165, 1.54) is 6.08 Å². The first kappa shape index (κ1) is 18.8. The number of alkyl carbamates (subject to hydrolysis) is 1. The number of nitrogens with one attached hydrogen (secondary N) is 1. The summed E-state index contributed by atoms with van der Waals surface area (Å²) in [6, 6.07) is -0.651. The topological polar surface area (TPSA) is 64.6 Å². The summed E-state index contributed by atoms with van der Waals surface area (Å²) >= 11 is 1.61. The van der Waals surface area contributed by atoms with Crippen molar-refractivity contribution in [1.29, 1.82) is 0 Å². The third kappa shape index (κ3) is 9.72. The average molecular weight is 303 g/mol. The predicted molar refractivity (Wildman–Crippen MR) is 82.0 cm³/mol. The van der Waals surface area contributed by atoms with Crippen molar-refractivity contribution in [2.24, 2.45) is 0 Å². The van der Waals surface area contributed by atoms with Crippen LogP contribution < -0.4 is 5.32 Å². The van der Waals surface area contributed by atoms with Gasteiger partial charge in [0.15, 0.2) is 0 Å². The first-order valence-electron chi connectivity index (χ1n) is 6.85. The van der Waals surface area contributed by atoms with Crippen LogP contribution >= 0.6 is 11.8 Å². The molecule has 0 heterocycles. The van der Waals surface area contributed by atoms with Gasteiger partial charge in [-0.15, -0.1) is 0 Å². The molecule has 5 nitrogen and oxygen atoms in total. The zero-order chi connectivity index (χ0) is 15.2. The molecule has 0 aromatic carbocycles. The molecule has 0 fully saturated rings. The maximum absolute atomic E-state index is 11.9. The Balaban J connectivity index is 4.19. The maximum Gasteiger partial charge on any atom is 0.408 e. The Morgan fingerprint density at radius 3 is 2.70 bits per heavy atom. The molecule has 0 bridgehead atoms. The predicted octanol–water partition coefficient (Wildman–Crippen LogP) is 2.75.